The smallest absolute Gasteiger partial charge is 0.744 e. The molecule has 16 heteroatoms. The van der Waals surface area contributed by atoms with Crippen LogP contribution in [-0.4, -0.2) is 48.9 Å². The van der Waals surface area contributed by atoms with Crippen molar-refractivity contribution in [1.29, 1.82) is 0 Å². The number of nitrogens with one attached hydrogen (secondary N) is 2. The minimum absolute atomic E-state index is 0. The summed E-state index contributed by atoms with van der Waals surface area (Å²) in [6.07, 6.45) is 5.63. The van der Waals surface area contributed by atoms with Crippen LogP contribution in [0.2, 0.25) is 0 Å². The van der Waals surface area contributed by atoms with Crippen LogP contribution in [-0.2, 0) is 20.2 Å². The van der Waals surface area contributed by atoms with Crippen LogP contribution in [0.5, 0.6) is 0 Å². The fourth-order valence-corrected chi connectivity index (χ4v) is 6.37. The molecule has 2 N–H and O–H groups in total. The van der Waals surface area contributed by atoms with Gasteiger partial charge < -0.3 is 9.11 Å². The van der Waals surface area contributed by atoms with Crippen molar-refractivity contribution >= 4 is 76.6 Å². The number of benzene rings is 4. The van der Waals surface area contributed by atoms with Crippen LogP contribution in [0.15, 0.2) is 119 Å². The predicted molar refractivity (Wildman–Crippen MR) is 181 cm³/mol. The van der Waals surface area contributed by atoms with Crippen LogP contribution in [0.4, 0.5) is 11.4 Å². The van der Waals surface area contributed by atoms with E-state index in [1.807, 2.05) is 12.2 Å². The quantitative estimate of drug-likeness (QED) is 0.0981. The monoisotopic (exact) mass is 724 g/mol. The molecule has 0 fully saturated rings. The van der Waals surface area contributed by atoms with Crippen molar-refractivity contribution in [3.63, 3.8) is 0 Å². The van der Waals surface area contributed by atoms with Gasteiger partial charge in [-0.3, -0.25) is 20.4 Å². The zero-order valence-electron chi connectivity index (χ0n) is 26.5. The fourth-order valence-electron chi connectivity index (χ4n) is 4.96. The maximum Gasteiger partial charge on any atom is 1.00 e. The van der Waals surface area contributed by atoms with Crippen molar-refractivity contribution < 1.29 is 94.6 Å². The molecule has 12 nitrogen and oxygen atoms in total. The molecule has 240 valence electrons. The SMILES string of the molecule is O=C1/C(=N/Nc2ccc(/C=C\c3ccc(N/N=C4\C=C(S(=O)(=O)[O-])c5ccccc5C4=O)cc3)cc2)C=C(S(=O)(=O)[O-])c2ccccc21.[Na+].[Na+]. The van der Waals surface area contributed by atoms with E-state index >= 15 is 0 Å². The van der Waals surface area contributed by atoms with Crippen molar-refractivity contribution in [2.24, 2.45) is 10.2 Å². The first-order chi connectivity index (χ1) is 22.9. The molecular formula is C34H22N4Na2O8S2. The molecule has 0 unspecified atom stereocenters. The minimum Gasteiger partial charge on any atom is -0.744 e. The predicted octanol–water partition coefficient (Wildman–Crippen LogP) is -1.03. The van der Waals surface area contributed by atoms with Gasteiger partial charge in [-0.1, -0.05) is 84.9 Å². The van der Waals surface area contributed by atoms with Crippen LogP contribution in [0.25, 0.3) is 22.0 Å². The zero-order chi connectivity index (χ0) is 34.1. The van der Waals surface area contributed by atoms with Gasteiger partial charge in [0, 0.05) is 22.3 Å². The van der Waals surface area contributed by atoms with Crippen molar-refractivity contribution in [1.82, 2.24) is 0 Å². The number of Topliss-reactive ketones (excluding diaryl/α,β-unsaturated/α-hetero) is 2. The van der Waals surface area contributed by atoms with Gasteiger partial charge in [-0.25, -0.2) is 16.8 Å². The number of anilines is 2. The molecule has 50 heavy (non-hydrogen) atoms. The van der Waals surface area contributed by atoms with Gasteiger partial charge in [0.15, 0.2) is 0 Å². The van der Waals surface area contributed by atoms with Gasteiger partial charge in [0.1, 0.15) is 31.7 Å². The molecule has 2 aliphatic rings. The van der Waals surface area contributed by atoms with Gasteiger partial charge in [0.05, 0.1) is 21.2 Å². The van der Waals surface area contributed by atoms with E-state index in [1.165, 1.54) is 36.4 Å². The summed E-state index contributed by atoms with van der Waals surface area (Å²) in [7, 11) is -9.70. The van der Waals surface area contributed by atoms with Crippen molar-refractivity contribution in [3.05, 3.63) is 143 Å². The number of ketones is 2. The molecule has 0 spiro atoms. The number of allylic oxidation sites excluding steroid dienone is 2. The summed E-state index contributed by atoms with van der Waals surface area (Å²) >= 11 is 0. The van der Waals surface area contributed by atoms with Gasteiger partial charge in [-0.05, 0) is 47.5 Å². The van der Waals surface area contributed by atoms with Gasteiger partial charge in [-0.2, -0.15) is 10.2 Å². The Labute approximate surface area is 331 Å². The molecule has 0 bridgehead atoms. The average Bonchev–Trinajstić information content (AvgIpc) is 3.07. The molecule has 4 aromatic carbocycles. The van der Waals surface area contributed by atoms with E-state index in [1.54, 1.807) is 60.7 Å². The second-order valence-electron chi connectivity index (χ2n) is 10.5. The average molecular weight is 725 g/mol. The zero-order valence-corrected chi connectivity index (χ0v) is 32.2. The fraction of sp³-hybridized carbons (Fsp3) is 0. The normalized spacial score (nSPS) is 15.7. The van der Waals surface area contributed by atoms with Crippen LogP contribution in [0.1, 0.15) is 43.0 Å². The molecule has 2 aliphatic carbocycles. The standard InChI is InChI=1S/C34H24N4O8S2.2Na/c39-33-27-7-3-1-5-25(27)31(47(41,42)43)19-29(33)37-35-23-15-11-21(12-16-23)9-10-22-13-17-24(18-14-22)36-38-30-20-32(48(44,45)46)26-6-2-4-8-28(26)34(30)40;;/h1-20,35-36H,(H,41,42,43)(H,44,45,46);;/q;2*+1/p-2/b10-9-,37-29+,38-30+;;. The Bertz CT molecular complexity index is 2200. The van der Waals surface area contributed by atoms with E-state index in [0.717, 1.165) is 23.3 Å². The Morgan fingerprint density at radius 2 is 0.820 bits per heavy atom. The molecule has 0 heterocycles. The number of rotatable bonds is 8. The van der Waals surface area contributed by atoms with E-state index < -0.39 is 41.6 Å². The van der Waals surface area contributed by atoms with E-state index in [0.29, 0.717) is 11.4 Å². The third-order valence-electron chi connectivity index (χ3n) is 7.31. The second kappa shape index (κ2) is 16.0. The largest absolute Gasteiger partial charge is 1.00 e. The topological polar surface area (TPSA) is 197 Å². The molecule has 0 atom stereocenters. The Kier molecular flexibility index (Phi) is 12.5. The third kappa shape index (κ3) is 8.73. The second-order valence-corrected chi connectivity index (χ2v) is 13.2. The number of fused-ring (bicyclic) bond motifs is 2. The Hall–Kier alpha value is -3.80. The number of nitrogens with zero attached hydrogens (tertiary/aromatic N) is 2. The van der Waals surface area contributed by atoms with Crippen LogP contribution < -0.4 is 70.0 Å². The molecule has 0 aromatic heterocycles. The summed E-state index contributed by atoms with van der Waals surface area (Å²) in [6.45, 7) is 0. The van der Waals surface area contributed by atoms with E-state index in [-0.39, 0.29) is 92.8 Å². The number of carbonyl (C=O) groups is 2. The molecule has 0 saturated heterocycles. The first-order valence-electron chi connectivity index (χ1n) is 14.1. The molecule has 0 saturated carbocycles. The number of hydrazone groups is 2. The Balaban J connectivity index is 0.00000281. The maximum atomic E-state index is 12.8. The Morgan fingerprint density at radius 3 is 1.14 bits per heavy atom. The summed E-state index contributed by atoms with van der Waals surface area (Å²) in [5.74, 6) is -1.04. The van der Waals surface area contributed by atoms with Crippen LogP contribution in [0.3, 0.4) is 0 Å². The Morgan fingerprint density at radius 1 is 0.500 bits per heavy atom. The number of carbonyl (C=O) groups excluding carboxylic acids is 2. The summed E-state index contributed by atoms with van der Waals surface area (Å²) in [5.41, 5.74) is 7.92. The molecule has 0 aliphatic heterocycles. The minimum atomic E-state index is -4.85. The number of hydrogen-bond donors (Lipinski definition) is 2. The van der Waals surface area contributed by atoms with E-state index in [2.05, 4.69) is 21.1 Å². The molecule has 4 aromatic rings. The van der Waals surface area contributed by atoms with Gasteiger partial charge >= 0.3 is 59.1 Å². The molecular weight excluding hydrogens is 703 g/mol. The van der Waals surface area contributed by atoms with Gasteiger partial charge in [0.25, 0.3) is 0 Å². The van der Waals surface area contributed by atoms with Crippen LogP contribution in [0, 0.1) is 0 Å². The van der Waals surface area contributed by atoms with Crippen molar-refractivity contribution in [2.75, 3.05) is 10.9 Å². The third-order valence-corrected chi connectivity index (χ3v) is 9.07. The summed E-state index contributed by atoms with van der Waals surface area (Å²) in [4.78, 5) is 24.6. The molecule has 0 amide bonds. The first-order valence-corrected chi connectivity index (χ1v) is 16.9. The first kappa shape index (κ1) is 39.0. The van der Waals surface area contributed by atoms with Gasteiger partial charge in [-0.15, -0.1) is 0 Å². The van der Waals surface area contributed by atoms with Crippen molar-refractivity contribution in [2.45, 2.75) is 0 Å². The maximum absolute atomic E-state index is 12.8. The van der Waals surface area contributed by atoms with E-state index in [4.69, 9.17) is 0 Å². The van der Waals surface area contributed by atoms with Gasteiger partial charge in [0.2, 0.25) is 11.6 Å². The molecule has 6 rings (SSSR count). The summed E-state index contributed by atoms with van der Waals surface area (Å²) in [6, 6.07) is 25.8. The molecule has 0 radical (unpaired) electrons. The summed E-state index contributed by atoms with van der Waals surface area (Å²) < 4.78 is 70.8. The van der Waals surface area contributed by atoms with E-state index in [9.17, 15) is 35.5 Å². The number of hydrogen-bond acceptors (Lipinski definition) is 12. The van der Waals surface area contributed by atoms with Crippen LogP contribution >= 0.6 is 0 Å². The van der Waals surface area contributed by atoms with Crippen molar-refractivity contribution in [3.8, 4) is 0 Å². The summed E-state index contributed by atoms with van der Waals surface area (Å²) in [5, 5.41) is 8.09.